The van der Waals surface area contributed by atoms with E-state index in [1.807, 2.05) is 0 Å². The Morgan fingerprint density at radius 1 is 1.46 bits per heavy atom. The Morgan fingerprint density at radius 3 is 2.58 bits per heavy atom. The van der Waals surface area contributed by atoms with Crippen molar-refractivity contribution in [1.29, 1.82) is 0 Å². The summed E-state index contributed by atoms with van der Waals surface area (Å²) < 4.78 is 22.8. The summed E-state index contributed by atoms with van der Waals surface area (Å²) in [6.07, 6.45) is -0.524. The first-order chi connectivity index (χ1) is 11.0. The molecule has 1 aromatic rings. The lowest BCUT2D eigenvalue weighted by atomic mass is 10.1. The maximum atomic E-state index is 13.3. The van der Waals surface area contributed by atoms with E-state index in [9.17, 15) is 24.1 Å². The van der Waals surface area contributed by atoms with Crippen LogP contribution in [0.15, 0.2) is 12.3 Å². The number of rotatable bonds is 5. The zero-order chi connectivity index (χ0) is 18.5. The van der Waals surface area contributed by atoms with Crippen molar-refractivity contribution in [3.63, 3.8) is 0 Å². The molecule has 10 heteroatoms. The van der Waals surface area contributed by atoms with E-state index >= 15 is 0 Å². The summed E-state index contributed by atoms with van der Waals surface area (Å²) in [4.78, 5) is 37.0. The van der Waals surface area contributed by atoms with Crippen LogP contribution in [0.4, 0.5) is 14.9 Å². The van der Waals surface area contributed by atoms with Crippen LogP contribution in [0.3, 0.4) is 0 Å². The normalized spacial score (nSPS) is 12.2. The number of amides is 1. The fourth-order valence-corrected chi connectivity index (χ4v) is 1.79. The number of carbonyl (C=O) groups excluding carboxylic acids is 2. The number of pyridine rings is 1. The maximum absolute atomic E-state index is 13.3. The number of nitrogens with zero attached hydrogens (tertiary/aromatic N) is 2. The van der Waals surface area contributed by atoms with Crippen LogP contribution in [0.1, 0.15) is 26.3 Å². The van der Waals surface area contributed by atoms with Gasteiger partial charge < -0.3 is 14.8 Å². The largest absolute Gasteiger partial charge is 0.467 e. The summed E-state index contributed by atoms with van der Waals surface area (Å²) in [5.41, 5.74) is -1.39. The number of alkyl carbamates (subject to hydrolysis) is 1. The van der Waals surface area contributed by atoms with Crippen LogP contribution >= 0.6 is 0 Å². The van der Waals surface area contributed by atoms with Gasteiger partial charge >= 0.3 is 12.1 Å². The van der Waals surface area contributed by atoms with Crippen molar-refractivity contribution in [2.75, 3.05) is 7.11 Å². The van der Waals surface area contributed by atoms with Crippen LogP contribution in [0.2, 0.25) is 0 Å². The number of carbonyl (C=O) groups is 2. The highest BCUT2D eigenvalue weighted by Crippen LogP contribution is 2.20. The van der Waals surface area contributed by atoms with Gasteiger partial charge in [-0.25, -0.2) is 14.6 Å². The Bertz CT molecular complexity index is 644. The molecule has 0 aliphatic rings. The average Bonchev–Trinajstić information content (AvgIpc) is 2.43. The first-order valence-corrected chi connectivity index (χ1v) is 6.89. The predicted octanol–water partition coefficient (Wildman–Crippen LogP) is 1.74. The van der Waals surface area contributed by atoms with Crippen molar-refractivity contribution in [3.05, 3.63) is 33.9 Å². The maximum Gasteiger partial charge on any atom is 0.408 e. The highest BCUT2D eigenvalue weighted by Gasteiger charge is 2.28. The van der Waals surface area contributed by atoms with Crippen molar-refractivity contribution in [2.45, 2.75) is 38.8 Å². The van der Waals surface area contributed by atoms with Gasteiger partial charge in [0.15, 0.2) is 0 Å². The first-order valence-electron chi connectivity index (χ1n) is 6.89. The number of hydrogen-bond donors (Lipinski definition) is 1. The van der Waals surface area contributed by atoms with Crippen LogP contribution in [0, 0.1) is 16.1 Å². The molecule has 0 aliphatic heterocycles. The number of nitrogens with one attached hydrogen (secondary N) is 1. The van der Waals surface area contributed by atoms with Crippen molar-refractivity contribution < 1.29 is 28.4 Å². The lowest BCUT2D eigenvalue weighted by molar-refractivity contribution is -0.386. The molecule has 0 saturated carbocycles. The van der Waals surface area contributed by atoms with E-state index in [4.69, 9.17) is 4.74 Å². The number of halogens is 1. The van der Waals surface area contributed by atoms with Crippen molar-refractivity contribution in [3.8, 4) is 0 Å². The molecule has 0 fully saturated rings. The molecule has 9 nitrogen and oxygen atoms in total. The van der Waals surface area contributed by atoms with Gasteiger partial charge in [0.25, 0.3) is 5.69 Å². The van der Waals surface area contributed by atoms with Gasteiger partial charge in [-0.3, -0.25) is 10.1 Å². The van der Waals surface area contributed by atoms with Gasteiger partial charge in [-0.05, 0) is 20.8 Å². The second-order valence-corrected chi connectivity index (χ2v) is 5.82. The monoisotopic (exact) mass is 343 g/mol. The average molecular weight is 343 g/mol. The molecular weight excluding hydrogens is 325 g/mol. The molecule has 0 spiro atoms. The SMILES string of the molecule is COC(=O)[C@H](Cc1cc(F)ncc1[N+](=O)[O-])NC(=O)OC(C)(C)C. The van der Waals surface area contributed by atoms with Crippen molar-refractivity contribution in [2.24, 2.45) is 0 Å². The minimum atomic E-state index is -1.29. The zero-order valence-electron chi connectivity index (χ0n) is 13.7. The van der Waals surface area contributed by atoms with Gasteiger partial charge in [0, 0.05) is 18.1 Å². The Balaban J connectivity index is 3.03. The minimum absolute atomic E-state index is 0.112. The van der Waals surface area contributed by atoms with Gasteiger partial charge in [0.05, 0.1) is 12.0 Å². The second-order valence-electron chi connectivity index (χ2n) is 5.82. The Labute approximate surface area is 137 Å². The fraction of sp³-hybridized carbons (Fsp3) is 0.500. The van der Waals surface area contributed by atoms with Gasteiger partial charge in [-0.15, -0.1) is 0 Å². The standard InChI is InChI=1S/C14H18FN3O6/c1-14(2,3)24-13(20)17-9(12(19)23-4)5-8-6-11(15)16-7-10(8)18(21)22/h6-7,9H,5H2,1-4H3,(H,17,20)/t9-/m0/s1. The molecule has 1 atom stereocenters. The molecular formula is C14H18FN3O6. The third kappa shape index (κ3) is 5.78. The number of esters is 1. The molecule has 0 saturated heterocycles. The van der Waals surface area contributed by atoms with Gasteiger partial charge in [0.1, 0.15) is 17.8 Å². The smallest absolute Gasteiger partial charge is 0.408 e. The van der Waals surface area contributed by atoms with Gasteiger partial charge in [-0.1, -0.05) is 0 Å². The van der Waals surface area contributed by atoms with Crippen LogP contribution in [0.25, 0.3) is 0 Å². The summed E-state index contributed by atoms with van der Waals surface area (Å²) >= 11 is 0. The Hall–Kier alpha value is -2.78. The summed E-state index contributed by atoms with van der Waals surface area (Å²) in [6, 6.07) is -0.462. The lowest BCUT2D eigenvalue weighted by Crippen LogP contribution is -2.45. The van der Waals surface area contributed by atoms with Gasteiger partial charge in [0.2, 0.25) is 5.95 Å². The number of methoxy groups -OCH3 is 1. The first kappa shape index (κ1) is 19.3. The third-order valence-corrected chi connectivity index (χ3v) is 2.73. The van der Waals surface area contributed by atoms with Crippen LogP contribution in [-0.4, -0.2) is 40.7 Å². The summed E-state index contributed by atoms with van der Waals surface area (Å²) in [6.45, 7) is 4.88. The second kappa shape index (κ2) is 7.66. The van der Waals surface area contributed by atoms with E-state index in [2.05, 4.69) is 15.0 Å². The summed E-state index contributed by atoms with van der Waals surface area (Å²) in [5, 5.41) is 13.2. The lowest BCUT2D eigenvalue weighted by Gasteiger charge is -2.22. The molecule has 1 N–H and O–H groups in total. The topological polar surface area (TPSA) is 121 Å². The number of ether oxygens (including phenoxy) is 2. The molecule has 132 valence electrons. The third-order valence-electron chi connectivity index (χ3n) is 2.73. The van der Waals surface area contributed by atoms with Crippen molar-refractivity contribution in [1.82, 2.24) is 10.3 Å². The van der Waals surface area contributed by atoms with Crippen LogP contribution in [-0.2, 0) is 20.7 Å². The molecule has 1 rings (SSSR count). The number of hydrogen-bond acceptors (Lipinski definition) is 7. The van der Waals surface area contributed by atoms with E-state index in [1.165, 1.54) is 0 Å². The fourth-order valence-electron chi connectivity index (χ4n) is 1.79. The number of nitro groups is 1. The molecule has 0 bridgehead atoms. The number of aromatic nitrogens is 1. The Morgan fingerprint density at radius 2 is 2.08 bits per heavy atom. The van der Waals surface area contributed by atoms with E-state index in [0.29, 0.717) is 0 Å². The highest BCUT2D eigenvalue weighted by molar-refractivity contribution is 5.81. The van der Waals surface area contributed by atoms with E-state index in [-0.39, 0.29) is 12.0 Å². The molecule has 1 aromatic heterocycles. The van der Waals surface area contributed by atoms with E-state index in [1.54, 1.807) is 20.8 Å². The zero-order valence-corrected chi connectivity index (χ0v) is 13.7. The molecule has 0 radical (unpaired) electrons. The molecule has 24 heavy (non-hydrogen) atoms. The molecule has 0 aliphatic carbocycles. The molecule has 1 heterocycles. The Kier molecular flexibility index (Phi) is 6.15. The predicted molar refractivity (Wildman–Crippen MR) is 79.7 cm³/mol. The summed E-state index contributed by atoms with van der Waals surface area (Å²) in [5.74, 6) is -1.80. The van der Waals surface area contributed by atoms with E-state index < -0.39 is 40.3 Å². The summed E-state index contributed by atoms with van der Waals surface area (Å²) in [7, 11) is 1.09. The quantitative estimate of drug-likeness (QED) is 0.374. The van der Waals surface area contributed by atoms with Crippen LogP contribution < -0.4 is 5.32 Å². The van der Waals surface area contributed by atoms with Gasteiger partial charge in [-0.2, -0.15) is 4.39 Å². The molecule has 0 unspecified atom stereocenters. The van der Waals surface area contributed by atoms with Crippen molar-refractivity contribution >= 4 is 17.7 Å². The molecule has 1 amide bonds. The molecule has 0 aromatic carbocycles. The van der Waals surface area contributed by atoms with Crippen LogP contribution in [0.5, 0.6) is 0 Å². The van der Waals surface area contributed by atoms with E-state index in [0.717, 1.165) is 19.4 Å². The highest BCUT2D eigenvalue weighted by atomic mass is 19.1. The minimum Gasteiger partial charge on any atom is -0.467 e.